The van der Waals surface area contributed by atoms with E-state index in [9.17, 15) is 9.59 Å². The summed E-state index contributed by atoms with van der Waals surface area (Å²) in [6.45, 7) is 1.82. The summed E-state index contributed by atoms with van der Waals surface area (Å²) in [6.07, 6.45) is 3.22. The van der Waals surface area contributed by atoms with Gasteiger partial charge in [-0.2, -0.15) is 4.98 Å². The highest BCUT2D eigenvalue weighted by Crippen LogP contribution is 2.21. The van der Waals surface area contributed by atoms with E-state index in [1.807, 2.05) is 6.92 Å². The summed E-state index contributed by atoms with van der Waals surface area (Å²) in [4.78, 5) is 31.8. The number of aromatic nitrogens is 4. The molecular formula is C16H11N5O3. The molecular weight excluding hydrogens is 310 g/mol. The van der Waals surface area contributed by atoms with Crippen LogP contribution < -0.4 is 10.9 Å². The van der Waals surface area contributed by atoms with E-state index in [1.165, 1.54) is 10.6 Å². The molecule has 0 fully saturated rings. The SMILES string of the molecule is Cc1cc(=O)oc2cc(NC(=O)c3nc4ncccn4n3)ccc12. The molecule has 24 heavy (non-hydrogen) atoms. The van der Waals surface area contributed by atoms with Crippen molar-refractivity contribution in [3.63, 3.8) is 0 Å². The minimum atomic E-state index is -0.477. The van der Waals surface area contributed by atoms with Gasteiger partial charge in [-0.3, -0.25) is 4.79 Å². The molecule has 4 rings (SSSR count). The Morgan fingerprint density at radius 3 is 3.00 bits per heavy atom. The lowest BCUT2D eigenvalue weighted by molar-refractivity contribution is 0.101. The van der Waals surface area contributed by atoms with E-state index < -0.39 is 11.5 Å². The maximum atomic E-state index is 12.3. The molecule has 8 nitrogen and oxygen atoms in total. The number of hydrogen-bond donors (Lipinski definition) is 1. The summed E-state index contributed by atoms with van der Waals surface area (Å²) in [5.74, 6) is -0.142. The Bertz CT molecular complexity index is 1110. The second-order valence-corrected chi connectivity index (χ2v) is 5.21. The molecule has 0 saturated heterocycles. The van der Waals surface area contributed by atoms with Crippen molar-refractivity contribution in [2.45, 2.75) is 6.92 Å². The van der Waals surface area contributed by atoms with E-state index in [0.29, 0.717) is 17.0 Å². The van der Waals surface area contributed by atoms with Gasteiger partial charge >= 0.3 is 5.63 Å². The van der Waals surface area contributed by atoms with Crippen LogP contribution in [0.2, 0.25) is 0 Å². The molecule has 0 bridgehead atoms. The Morgan fingerprint density at radius 2 is 2.17 bits per heavy atom. The number of nitrogens with one attached hydrogen (secondary N) is 1. The fourth-order valence-electron chi connectivity index (χ4n) is 2.42. The van der Waals surface area contributed by atoms with Crippen LogP contribution in [0.3, 0.4) is 0 Å². The predicted octanol–water partition coefficient (Wildman–Crippen LogP) is 1.79. The minimum absolute atomic E-state index is 0.000471. The van der Waals surface area contributed by atoms with Gasteiger partial charge in [0.25, 0.3) is 11.7 Å². The molecule has 8 heteroatoms. The molecule has 3 aromatic heterocycles. The second-order valence-electron chi connectivity index (χ2n) is 5.21. The van der Waals surface area contributed by atoms with Crippen LogP contribution in [0.1, 0.15) is 16.2 Å². The maximum Gasteiger partial charge on any atom is 0.336 e. The first-order chi connectivity index (χ1) is 11.6. The van der Waals surface area contributed by atoms with Crippen molar-refractivity contribution in [1.29, 1.82) is 0 Å². The highest BCUT2D eigenvalue weighted by atomic mass is 16.4. The lowest BCUT2D eigenvalue weighted by Crippen LogP contribution is -2.14. The third-order valence-electron chi connectivity index (χ3n) is 3.53. The zero-order valence-electron chi connectivity index (χ0n) is 12.6. The number of benzene rings is 1. The molecule has 0 radical (unpaired) electrons. The molecule has 0 aliphatic heterocycles. The fraction of sp³-hybridized carbons (Fsp3) is 0.0625. The zero-order chi connectivity index (χ0) is 16.7. The number of carbonyl (C=O) groups is 1. The van der Waals surface area contributed by atoms with Crippen LogP contribution in [0, 0.1) is 6.92 Å². The van der Waals surface area contributed by atoms with Crippen molar-refractivity contribution in [1.82, 2.24) is 19.6 Å². The summed E-state index contributed by atoms with van der Waals surface area (Å²) < 4.78 is 6.58. The Hall–Kier alpha value is -3.55. The van der Waals surface area contributed by atoms with Crippen molar-refractivity contribution < 1.29 is 9.21 Å². The Kier molecular flexibility index (Phi) is 3.09. The average molecular weight is 321 g/mol. The first-order valence-corrected chi connectivity index (χ1v) is 7.13. The van der Waals surface area contributed by atoms with Crippen LogP contribution in [0.4, 0.5) is 5.69 Å². The lowest BCUT2D eigenvalue weighted by Gasteiger charge is -2.05. The second kappa shape index (κ2) is 5.27. The molecule has 118 valence electrons. The summed E-state index contributed by atoms with van der Waals surface area (Å²) in [6, 6.07) is 8.21. The van der Waals surface area contributed by atoms with E-state index >= 15 is 0 Å². The third kappa shape index (κ3) is 2.39. The predicted molar refractivity (Wildman–Crippen MR) is 86.0 cm³/mol. The number of anilines is 1. The van der Waals surface area contributed by atoms with Crippen LogP contribution in [0.15, 0.2) is 51.9 Å². The first kappa shape index (κ1) is 14.1. The molecule has 0 aliphatic rings. The molecule has 4 aromatic rings. The number of rotatable bonds is 2. The molecule has 0 aliphatic carbocycles. The largest absolute Gasteiger partial charge is 0.423 e. The molecule has 3 heterocycles. The van der Waals surface area contributed by atoms with Gasteiger partial charge in [0.2, 0.25) is 5.82 Å². The molecule has 0 atom stereocenters. The smallest absolute Gasteiger partial charge is 0.336 e. The summed E-state index contributed by atoms with van der Waals surface area (Å²) in [5.41, 5.74) is 1.26. The van der Waals surface area contributed by atoms with Gasteiger partial charge in [-0.1, -0.05) is 0 Å². The van der Waals surface area contributed by atoms with Crippen molar-refractivity contribution in [3.8, 4) is 0 Å². The van der Waals surface area contributed by atoms with Gasteiger partial charge in [-0.25, -0.2) is 14.3 Å². The molecule has 1 N–H and O–H groups in total. The highest BCUT2D eigenvalue weighted by Gasteiger charge is 2.14. The Balaban J connectivity index is 1.68. The number of fused-ring (bicyclic) bond motifs is 2. The van der Waals surface area contributed by atoms with Gasteiger partial charge in [0.1, 0.15) is 5.58 Å². The lowest BCUT2D eigenvalue weighted by atomic mass is 10.1. The number of nitrogens with zero attached hydrogens (tertiary/aromatic N) is 4. The first-order valence-electron chi connectivity index (χ1n) is 7.13. The standard InChI is InChI=1S/C16H11N5O3/c1-9-7-13(22)24-12-8-10(3-4-11(9)12)18-15(23)14-19-16-17-5-2-6-21(16)20-14/h2-8H,1H3,(H,18,23). The third-order valence-corrected chi connectivity index (χ3v) is 3.53. The number of aryl methyl sites for hydroxylation is 1. The topological polar surface area (TPSA) is 102 Å². The van der Waals surface area contributed by atoms with Crippen LogP contribution in [-0.2, 0) is 0 Å². The van der Waals surface area contributed by atoms with E-state index in [0.717, 1.165) is 10.9 Å². The Labute approximate surface area is 134 Å². The Morgan fingerprint density at radius 1 is 1.29 bits per heavy atom. The summed E-state index contributed by atoms with van der Waals surface area (Å²) >= 11 is 0. The van der Waals surface area contributed by atoms with Gasteiger partial charge in [-0.05, 0) is 30.7 Å². The molecule has 1 aromatic carbocycles. The van der Waals surface area contributed by atoms with Gasteiger partial charge in [-0.15, -0.1) is 5.10 Å². The van der Waals surface area contributed by atoms with Gasteiger partial charge in [0.15, 0.2) is 0 Å². The summed E-state index contributed by atoms with van der Waals surface area (Å²) in [5, 5.41) is 7.55. The van der Waals surface area contributed by atoms with Crippen molar-refractivity contribution in [2.24, 2.45) is 0 Å². The minimum Gasteiger partial charge on any atom is -0.423 e. The maximum absolute atomic E-state index is 12.3. The van der Waals surface area contributed by atoms with E-state index in [-0.39, 0.29) is 5.82 Å². The van der Waals surface area contributed by atoms with Gasteiger partial charge in [0.05, 0.1) is 0 Å². The average Bonchev–Trinajstić information content (AvgIpc) is 2.98. The van der Waals surface area contributed by atoms with E-state index in [2.05, 4.69) is 20.4 Å². The highest BCUT2D eigenvalue weighted by molar-refractivity contribution is 6.02. The monoisotopic (exact) mass is 321 g/mol. The number of hydrogen-bond acceptors (Lipinski definition) is 6. The number of amides is 1. The van der Waals surface area contributed by atoms with E-state index in [4.69, 9.17) is 4.42 Å². The normalized spacial score (nSPS) is 11.0. The molecule has 0 spiro atoms. The number of carbonyl (C=O) groups excluding carboxylic acids is 1. The van der Waals surface area contributed by atoms with Crippen LogP contribution in [0.25, 0.3) is 16.7 Å². The van der Waals surface area contributed by atoms with Crippen LogP contribution in [0.5, 0.6) is 0 Å². The fourth-order valence-corrected chi connectivity index (χ4v) is 2.42. The summed E-state index contributed by atoms with van der Waals surface area (Å²) in [7, 11) is 0. The van der Waals surface area contributed by atoms with Crippen molar-refractivity contribution in [3.05, 3.63) is 64.5 Å². The van der Waals surface area contributed by atoms with Crippen molar-refractivity contribution in [2.75, 3.05) is 5.32 Å². The van der Waals surface area contributed by atoms with Crippen LogP contribution >= 0.6 is 0 Å². The molecule has 0 unspecified atom stereocenters. The molecule has 0 saturated carbocycles. The quantitative estimate of drug-likeness (QED) is 0.565. The van der Waals surface area contributed by atoms with Crippen molar-refractivity contribution >= 4 is 28.3 Å². The van der Waals surface area contributed by atoms with Gasteiger partial charge < -0.3 is 9.73 Å². The van der Waals surface area contributed by atoms with Gasteiger partial charge in [0, 0.05) is 35.6 Å². The van der Waals surface area contributed by atoms with Crippen LogP contribution in [-0.4, -0.2) is 25.5 Å². The molecule has 1 amide bonds. The zero-order valence-corrected chi connectivity index (χ0v) is 12.6. The van der Waals surface area contributed by atoms with E-state index in [1.54, 1.807) is 36.7 Å².